The van der Waals surface area contributed by atoms with E-state index in [1.807, 2.05) is 20.8 Å². The van der Waals surface area contributed by atoms with Crippen LogP contribution in [0.4, 0.5) is 0 Å². The first-order valence-electron chi connectivity index (χ1n) is 3.96. The molecule has 0 aliphatic rings. The Hall–Kier alpha value is -0.870. The van der Waals surface area contributed by atoms with Crippen LogP contribution < -0.4 is 5.73 Å². The molecule has 0 saturated carbocycles. The molecule has 3 nitrogen and oxygen atoms in total. The van der Waals surface area contributed by atoms with Crippen molar-refractivity contribution in [3.05, 3.63) is 29.0 Å². The van der Waals surface area contributed by atoms with Crippen molar-refractivity contribution in [2.45, 2.75) is 26.3 Å². The molecule has 4 heteroatoms. The molecule has 0 aliphatic carbocycles. The molecular weight excluding hydrogens is 184 g/mol. The van der Waals surface area contributed by atoms with Crippen LogP contribution in [0.5, 0.6) is 0 Å². The fourth-order valence-electron chi connectivity index (χ4n) is 0.419. The van der Waals surface area contributed by atoms with Gasteiger partial charge in [0.1, 0.15) is 4.64 Å². The Kier molecular flexibility index (Phi) is 4.66. The van der Waals surface area contributed by atoms with Gasteiger partial charge in [-0.15, -0.1) is 0 Å². The second-order valence-electron chi connectivity index (χ2n) is 3.75. The average molecular weight is 200 g/mol. The predicted octanol–water partition coefficient (Wildman–Crippen LogP) is 2.20. The number of aromatic nitrogens is 1. The van der Waals surface area contributed by atoms with Gasteiger partial charge in [-0.1, -0.05) is 18.3 Å². The topological polar surface area (TPSA) is 51.2 Å². The maximum atomic E-state index is 8.73. The number of pyridine rings is 1. The van der Waals surface area contributed by atoms with E-state index in [2.05, 4.69) is 12.2 Å². The summed E-state index contributed by atoms with van der Waals surface area (Å²) in [7, 11) is 0. The fraction of sp³-hybridized carbons (Fsp3) is 0.444. The van der Waals surface area contributed by atoms with Crippen LogP contribution in [0, 0.1) is 4.64 Å². The summed E-state index contributed by atoms with van der Waals surface area (Å²) in [5, 5.41) is 8.73. The molecule has 0 amide bonds. The molecule has 13 heavy (non-hydrogen) atoms. The van der Waals surface area contributed by atoms with Crippen molar-refractivity contribution in [1.29, 1.82) is 0 Å². The van der Waals surface area contributed by atoms with Crippen molar-refractivity contribution in [1.82, 2.24) is 4.73 Å². The van der Waals surface area contributed by atoms with Crippen molar-refractivity contribution >= 4 is 12.2 Å². The minimum absolute atomic E-state index is 0. The minimum atomic E-state index is 0. The summed E-state index contributed by atoms with van der Waals surface area (Å²) in [5.41, 5.74) is 5.35. The standard InChI is InChI=1S/C5H5NOS.C4H11N/c7-6-4-2-1-3-5(6)8;1-4(2,3)5/h1-4,7H;5H2,1-3H3. The fourth-order valence-corrected chi connectivity index (χ4v) is 0.558. The zero-order valence-electron chi connectivity index (χ0n) is 8.19. The maximum absolute atomic E-state index is 8.73. The number of hydrogen-bond donors (Lipinski definition) is 2. The number of hydrogen-bond acceptors (Lipinski definition) is 3. The second-order valence-corrected chi connectivity index (χ2v) is 4.17. The van der Waals surface area contributed by atoms with Gasteiger partial charge in [0.2, 0.25) is 0 Å². The highest BCUT2D eigenvalue weighted by Gasteiger charge is 1.95. The van der Waals surface area contributed by atoms with Crippen molar-refractivity contribution in [3.8, 4) is 0 Å². The van der Waals surface area contributed by atoms with Crippen LogP contribution in [0.3, 0.4) is 0 Å². The zero-order valence-corrected chi connectivity index (χ0v) is 9.01. The van der Waals surface area contributed by atoms with Gasteiger partial charge in [-0.3, -0.25) is 0 Å². The van der Waals surface area contributed by atoms with Crippen LogP contribution >= 0.6 is 12.2 Å². The van der Waals surface area contributed by atoms with Crippen LogP contribution in [-0.2, 0) is 0 Å². The lowest BCUT2D eigenvalue weighted by Gasteiger charge is -2.06. The zero-order chi connectivity index (χ0) is 10.5. The van der Waals surface area contributed by atoms with Crippen molar-refractivity contribution in [3.63, 3.8) is 0 Å². The van der Waals surface area contributed by atoms with Gasteiger partial charge in [-0.25, -0.2) is 0 Å². The summed E-state index contributed by atoms with van der Waals surface area (Å²) in [6.45, 7) is 5.90. The van der Waals surface area contributed by atoms with E-state index in [-0.39, 0.29) is 5.54 Å². The molecule has 0 unspecified atom stereocenters. The van der Waals surface area contributed by atoms with Gasteiger partial charge in [0, 0.05) is 11.7 Å². The molecule has 0 saturated heterocycles. The van der Waals surface area contributed by atoms with Crippen LogP contribution in [0.2, 0.25) is 0 Å². The van der Waals surface area contributed by atoms with Crippen LogP contribution in [0.15, 0.2) is 24.4 Å². The van der Waals surface area contributed by atoms with E-state index in [9.17, 15) is 0 Å². The molecule has 1 heterocycles. The molecule has 1 aromatic rings. The second kappa shape index (κ2) is 4.99. The Bertz CT molecular complexity index is 295. The minimum Gasteiger partial charge on any atom is -0.428 e. The highest BCUT2D eigenvalue weighted by atomic mass is 32.1. The average Bonchev–Trinajstić information content (AvgIpc) is 1.92. The van der Waals surface area contributed by atoms with Crippen LogP contribution in [-0.4, -0.2) is 15.5 Å². The van der Waals surface area contributed by atoms with Crippen molar-refractivity contribution < 1.29 is 5.21 Å². The van der Waals surface area contributed by atoms with E-state index in [1.165, 1.54) is 6.20 Å². The number of nitrogens with two attached hydrogens (primary N) is 1. The summed E-state index contributed by atoms with van der Waals surface area (Å²) in [5.74, 6) is 0. The quantitative estimate of drug-likeness (QED) is 0.498. The lowest BCUT2D eigenvalue weighted by Crippen LogP contribution is -2.26. The van der Waals surface area contributed by atoms with Gasteiger partial charge < -0.3 is 10.9 Å². The molecular formula is C9H16N2OS. The first-order chi connectivity index (χ1) is 5.80. The molecule has 1 aromatic heterocycles. The predicted molar refractivity (Wildman–Crippen MR) is 56.4 cm³/mol. The van der Waals surface area contributed by atoms with E-state index in [1.54, 1.807) is 18.2 Å². The third-order valence-corrected chi connectivity index (χ3v) is 1.13. The molecule has 0 aromatic carbocycles. The van der Waals surface area contributed by atoms with Crippen molar-refractivity contribution in [2.75, 3.05) is 0 Å². The SMILES string of the molecule is CC(C)(C)N.On1ccccc1=S. The Morgan fingerprint density at radius 3 is 2.08 bits per heavy atom. The molecule has 74 valence electrons. The lowest BCUT2D eigenvalue weighted by molar-refractivity contribution is 0.180. The lowest BCUT2D eigenvalue weighted by atomic mass is 10.1. The molecule has 0 spiro atoms. The van der Waals surface area contributed by atoms with E-state index in [0.717, 1.165) is 4.73 Å². The normalized spacial score (nSPS) is 10.2. The van der Waals surface area contributed by atoms with E-state index >= 15 is 0 Å². The van der Waals surface area contributed by atoms with Gasteiger partial charge in [0.15, 0.2) is 0 Å². The van der Waals surface area contributed by atoms with Crippen LogP contribution in [0.1, 0.15) is 20.8 Å². The maximum Gasteiger partial charge on any atom is 0.142 e. The molecule has 0 aliphatic heterocycles. The van der Waals surface area contributed by atoms with Gasteiger partial charge in [-0.05, 0) is 32.9 Å². The summed E-state index contributed by atoms with van der Waals surface area (Å²) < 4.78 is 1.32. The summed E-state index contributed by atoms with van der Waals surface area (Å²) in [6, 6.07) is 5.13. The van der Waals surface area contributed by atoms with Crippen molar-refractivity contribution in [2.24, 2.45) is 5.73 Å². The highest BCUT2D eigenvalue weighted by molar-refractivity contribution is 7.71. The first kappa shape index (κ1) is 12.1. The van der Waals surface area contributed by atoms with Gasteiger partial charge in [0.05, 0.1) is 0 Å². The third kappa shape index (κ3) is 9.04. The molecule has 0 radical (unpaired) electrons. The third-order valence-electron chi connectivity index (χ3n) is 0.803. The number of rotatable bonds is 0. The molecule has 3 N–H and O–H groups in total. The molecule has 1 rings (SSSR count). The highest BCUT2D eigenvalue weighted by Crippen LogP contribution is 1.88. The van der Waals surface area contributed by atoms with Gasteiger partial charge >= 0.3 is 0 Å². The summed E-state index contributed by atoms with van der Waals surface area (Å²) in [4.78, 5) is 0. The van der Waals surface area contributed by atoms with E-state index in [4.69, 9.17) is 10.9 Å². The van der Waals surface area contributed by atoms with Crippen LogP contribution in [0.25, 0.3) is 0 Å². The first-order valence-corrected chi connectivity index (χ1v) is 4.37. The smallest absolute Gasteiger partial charge is 0.142 e. The molecule has 0 bridgehead atoms. The van der Waals surface area contributed by atoms with Gasteiger partial charge in [-0.2, -0.15) is 4.73 Å². The van der Waals surface area contributed by atoms with Gasteiger partial charge in [0.25, 0.3) is 0 Å². The van der Waals surface area contributed by atoms with E-state index in [0.29, 0.717) is 4.64 Å². The monoisotopic (exact) mass is 200 g/mol. The molecule has 0 atom stereocenters. The molecule has 0 fully saturated rings. The Morgan fingerprint density at radius 1 is 1.38 bits per heavy atom. The Labute approximate surface area is 83.8 Å². The number of nitrogens with zero attached hydrogens (tertiary/aromatic N) is 1. The largest absolute Gasteiger partial charge is 0.428 e. The summed E-state index contributed by atoms with van der Waals surface area (Å²) >= 11 is 4.67. The Morgan fingerprint density at radius 2 is 1.85 bits per heavy atom. The van der Waals surface area contributed by atoms with E-state index < -0.39 is 0 Å². The summed E-state index contributed by atoms with van der Waals surface area (Å²) in [6.07, 6.45) is 1.49. The Balaban J connectivity index is 0.000000252.